The van der Waals surface area contributed by atoms with Gasteiger partial charge in [0.15, 0.2) is 5.84 Å². The molecule has 0 bridgehead atoms. The third kappa shape index (κ3) is 3.16. The van der Waals surface area contributed by atoms with Crippen molar-refractivity contribution in [3.8, 4) is 0 Å². The molecule has 4 N–H and O–H groups in total. The number of carbonyl (C=O) groups excluding carboxylic acids is 1. The SMILES string of the molecule is CCCC(NC(=O)c1cnns1)C(N)=NO. The summed E-state index contributed by atoms with van der Waals surface area (Å²) in [6, 6.07) is -0.468. The van der Waals surface area contributed by atoms with Crippen molar-refractivity contribution >= 4 is 23.3 Å². The molecule has 0 saturated heterocycles. The molecular weight excluding hydrogens is 230 g/mol. The van der Waals surface area contributed by atoms with Gasteiger partial charge in [-0.05, 0) is 18.0 Å². The smallest absolute Gasteiger partial charge is 0.265 e. The average molecular weight is 243 g/mol. The molecule has 88 valence electrons. The molecule has 0 radical (unpaired) electrons. The average Bonchev–Trinajstić information content (AvgIpc) is 2.80. The molecule has 0 fully saturated rings. The topological polar surface area (TPSA) is 113 Å². The Labute approximate surface area is 96.5 Å². The van der Waals surface area contributed by atoms with Gasteiger partial charge in [0, 0.05) is 0 Å². The number of nitrogens with two attached hydrogens (primary N) is 1. The van der Waals surface area contributed by atoms with E-state index in [1.165, 1.54) is 6.20 Å². The molecule has 1 aromatic heterocycles. The Kier molecular flexibility index (Phi) is 4.65. The number of oxime groups is 1. The molecule has 1 rings (SSSR count). The molecule has 1 aromatic rings. The van der Waals surface area contributed by atoms with Gasteiger partial charge < -0.3 is 16.3 Å². The molecule has 0 aliphatic heterocycles. The molecule has 1 heterocycles. The van der Waals surface area contributed by atoms with E-state index in [0.717, 1.165) is 18.0 Å². The molecule has 0 aliphatic carbocycles. The van der Waals surface area contributed by atoms with Gasteiger partial charge in [-0.25, -0.2) is 0 Å². The van der Waals surface area contributed by atoms with Crippen molar-refractivity contribution in [2.45, 2.75) is 25.8 Å². The van der Waals surface area contributed by atoms with E-state index in [4.69, 9.17) is 10.9 Å². The van der Waals surface area contributed by atoms with Gasteiger partial charge in [0.2, 0.25) is 0 Å². The molecule has 0 aromatic carbocycles. The maximum absolute atomic E-state index is 11.6. The number of amidine groups is 1. The first-order valence-corrected chi connectivity index (χ1v) is 5.52. The van der Waals surface area contributed by atoms with E-state index in [2.05, 4.69) is 20.1 Å². The predicted molar refractivity (Wildman–Crippen MR) is 59.5 cm³/mol. The molecular formula is C8H13N5O2S. The highest BCUT2D eigenvalue weighted by Gasteiger charge is 2.18. The minimum absolute atomic E-state index is 0.00678. The lowest BCUT2D eigenvalue weighted by Gasteiger charge is -2.15. The van der Waals surface area contributed by atoms with Gasteiger partial charge in [0.25, 0.3) is 5.91 Å². The van der Waals surface area contributed by atoms with Crippen LogP contribution in [0, 0.1) is 0 Å². The summed E-state index contributed by atoms with van der Waals surface area (Å²) in [6.07, 6.45) is 2.78. The Bertz CT molecular complexity index is 365. The predicted octanol–water partition coefficient (Wildman–Crippen LogP) is 0.183. The summed E-state index contributed by atoms with van der Waals surface area (Å²) in [7, 11) is 0. The molecule has 1 unspecified atom stereocenters. The highest BCUT2D eigenvalue weighted by Crippen LogP contribution is 2.04. The lowest BCUT2D eigenvalue weighted by molar-refractivity contribution is 0.0948. The zero-order chi connectivity index (χ0) is 12.0. The Hall–Kier alpha value is -1.70. The van der Waals surface area contributed by atoms with Crippen molar-refractivity contribution in [3.63, 3.8) is 0 Å². The number of nitrogens with one attached hydrogen (secondary N) is 1. The van der Waals surface area contributed by atoms with Crippen LogP contribution in [0.3, 0.4) is 0 Å². The summed E-state index contributed by atoms with van der Waals surface area (Å²) in [5.41, 5.74) is 5.46. The standard InChI is InChI=1S/C8H13N5O2S/c1-2-3-5(7(9)12-15)11-8(14)6-4-10-13-16-6/h4-5,15H,2-3H2,1H3,(H2,9,12)(H,11,14). The number of aromatic nitrogens is 2. The molecule has 8 heteroatoms. The molecule has 0 aliphatic rings. The lowest BCUT2D eigenvalue weighted by atomic mass is 10.1. The van der Waals surface area contributed by atoms with Crippen molar-refractivity contribution < 1.29 is 10.0 Å². The fourth-order valence-electron chi connectivity index (χ4n) is 1.15. The van der Waals surface area contributed by atoms with Gasteiger partial charge >= 0.3 is 0 Å². The van der Waals surface area contributed by atoms with Crippen molar-refractivity contribution in [1.29, 1.82) is 0 Å². The summed E-state index contributed by atoms with van der Waals surface area (Å²) in [5.74, 6) is -0.326. The van der Waals surface area contributed by atoms with Crippen LogP contribution < -0.4 is 11.1 Å². The second-order valence-electron chi connectivity index (χ2n) is 3.12. The highest BCUT2D eigenvalue weighted by atomic mass is 32.1. The fraction of sp³-hybridized carbons (Fsp3) is 0.500. The van der Waals surface area contributed by atoms with E-state index < -0.39 is 6.04 Å². The molecule has 16 heavy (non-hydrogen) atoms. The zero-order valence-corrected chi connectivity index (χ0v) is 9.57. The maximum Gasteiger partial charge on any atom is 0.265 e. The summed E-state index contributed by atoms with van der Waals surface area (Å²) in [6.45, 7) is 1.94. The van der Waals surface area contributed by atoms with Crippen LogP contribution in [0.15, 0.2) is 11.4 Å². The molecule has 0 saturated carbocycles. The minimum atomic E-state index is -0.468. The third-order valence-corrected chi connectivity index (χ3v) is 2.60. The summed E-state index contributed by atoms with van der Waals surface area (Å²) in [5, 5.41) is 17.7. The van der Waals surface area contributed by atoms with E-state index in [1.54, 1.807) is 0 Å². The monoisotopic (exact) mass is 243 g/mol. The van der Waals surface area contributed by atoms with Gasteiger partial charge in [-0.2, -0.15) is 0 Å². The summed E-state index contributed by atoms with van der Waals surface area (Å²) >= 11 is 0.994. The van der Waals surface area contributed by atoms with Gasteiger partial charge in [-0.1, -0.05) is 23.0 Å². The molecule has 1 atom stereocenters. The number of nitrogens with zero attached hydrogens (tertiary/aromatic N) is 3. The van der Waals surface area contributed by atoms with Crippen LogP contribution in [0.1, 0.15) is 29.4 Å². The van der Waals surface area contributed by atoms with Crippen LogP contribution in [-0.4, -0.2) is 32.6 Å². The van der Waals surface area contributed by atoms with E-state index in [-0.39, 0.29) is 11.7 Å². The first-order chi connectivity index (χ1) is 7.69. The van der Waals surface area contributed by atoms with Crippen LogP contribution >= 0.6 is 11.5 Å². The molecule has 0 spiro atoms. The van der Waals surface area contributed by atoms with Crippen molar-refractivity contribution in [3.05, 3.63) is 11.1 Å². The summed E-state index contributed by atoms with van der Waals surface area (Å²) in [4.78, 5) is 12.0. The normalized spacial score (nSPS) is 13.4. The number of amides is 1. The molecule has 7 nitrogen and oxygen atoms in total. The Morgan fingerprint density at radius 1 is 1.81 bits per heavy atom. The summed E-state index contributed by atoms with van der Waals surface area (Å²) < 4.78 is 3.58. The number of hydrogen-bond acceptors (Lipinski definition) is 6. The van der Waals surface area contributed by atoms with Crippen LogP contribution in [0.5, 0.6) is 0 Å². The fourth-order valence-corrected chi connectivity index (χ4v) is 1.57. The second-order valence-corrected chi connectivity index (χ2v) is 3.91. The minimum Gasteiger partial charge on any atom is -0.409 e. The maximum atomic E-state index is 11.6. The third-order valence-electron chi connectivity index (χ3n) is 1.94. The second kappa shape index (κ2) is 6.01. The van der Waals surface area contributed by atoms with Crippen LogP contribution in [0.4, 0.5) is 0 Å². The quantitative estimate of drug-likeness (QED) is 0.295. The lowest BCUT2D eigenvalue weighted by Crippen LogP contribution is -2.44. The van der Waals surface area contributed by atoms with Crippen molar-refractivity contribution in [2.24, 2.45) is 10.9 Å². The Morgan fingerprint density at radius 3 is 3.06 bits per heavy atom. The van der Waals surface area contributed by atoms with Crippen molar-refractivity contribution in [2.75, 3.05) is 0 Å². The Morgan fingerprint density at radius 2 is 2.56 bits per heavy atom. The van der Waals surface area contributed by atoms with Gasteiger partial charge in [0.05, 0.1) is 12.2 Å². The van der Waals surface area contributed by atoms with E-state index >= 15 is 0 Å². The van der Waals surface area contributed by atoms with Crippen molar-refractivity contribution in [1.82, 2.24) is 14.9 Å². The first kappa shape index (κ1) is 12.4. The van der Waals surface area contributed by atoms with Gasteiger partial charge in [-0.15, -0.1) is 5.10 Å². The van der Waals surface area contributed by atoms with E-state index in [9.17, 15) is 4.79 Å². The number of rotatable bonds is 5. The highest BCUT2D eigenvalue weighted by molar-refractivity contribution is 7.07. The zero-order valence-electron chi connectivity index (χ0n) is 8.75. The van der Waals surface area contributed by atoms with Gasteiger partial charge in [-0.3, -0.25) is 4.79 Å². The largest absolute Gasteiger partial charge is 0.409 e. The van der Waals surface area contributed by atoms with Gasteiger partial charge in [0.1, 0.15) is 4.88 Å². The Balaban J connectivity index is 2.65. The number of carbonyl (C=O) groups is 1. The van der Waals surface area contributed by atoms with Crippen LogP contribution in [0.25, 0.3) is 0 Å². The van der Waals surface area contributed by atoms with E-state index in [1.807, 2.05) is 6.92 Å². The van der Waals surface area contributed by atoms with Crippen LogP contribution in [-0.2, 0) is 0 Å². The van der Waals surface area contributed by atoms with Crippen LogP contribution in [0.2, 0.25) is 0 Å². The first-order valence-electron chi connectivity index (χ1n) is 4.74. The molecule has 1 amide bonds. The van der Waals surface area contributed by atoms with E-state index in [0.29, 0.717) is 11.3 Å². The number of hydrogen-bond donors (Lipinski definition) is 3.